The fraction of sp³-hybridized carbons (Fsp3) is 0.474. The minimum absolute atomic E-state index is 0.192. The van der Waals surface area contributed by atoms with E-state index in [9.17, 15) is 9.18 Å². The molecule has 6 heteroatoms. The number of hydrogen-bond acceptors (Lipinski definition) is 4. The van der Waals surface area contributed by atoms with Crippen molar-refractivity contribution in [1.82, 2.24) is 9.88 Å². The summed E-state index contributed by atoms with van der Waals surface area (Å²) in [5.41, 5.74) is 0.954. The summed E-state index contributed by atoms with van der Waals surface area (Å²) in [4.78, 5) is 18.6. The molecule has 1 saturated carbocycles. The van der Waals surface area contributed by atoms with Crippen molar-refractivity contribution in [2.45, 2.75) is 31.8 Å². The fourth-order valence-corrected chi connectivity index (χ4v) is 3.27. The van der Waals surface area contributed by atoms with Gasteiger partial charge in [-0.25, -0.2) is 9.37 Å². The first-order valence-corrected chi connectivity index (χ1v) is 8.78. The van der Waals surface area contributed by atoms with Crippen LogP contribution >= 0.6 is 0 Å². The Morgan fingerprint density at radius 1 is 1.28 bits per heavy atom. The summed E-state index contributed by atoms with van der Waals surface area (Å²) in [5, 5.41) is 0. The average molecular weight is 344 g/mol. The maximum atomic E-state index is 13.0. The lowest BCUT2D eigenvalue weighted by Crippen LogP contribution is -2.46. The Balaban J connectivity index is 1.40. The van der Waals surface area contributed by atoms with Crippen molar-refractivity contribution in [2.75, 3.05) is 19.7 Å². The van der Waals surface area contributed by atoms with E-state index in [-0.39, 0.29) is 23.7 Å². The highest BCUT2D eigenvalue weighted by Crippen LogP contribution is 2.30. The third-order valence-electron chi connectivity index (χ3n) is 4.97. The third-order valence-corrected chi connectivity index (χ3v) is 4.97. The van der Waals surface area contributed by atoms with Gasteiger partial charge < -0.3 is 14.1 Å². The number of nitrogens with zero attached hydrogens (tertiary/aromatic N) is 2. The zero-order valence-electron chi connectivity index (χ0n) is 14.0. The summed E-state index contributed by atoms with van der Waals surface area (Å²) in [6, 6.07) is 6.32. The van der Waals surface area contributed by atoms with Crippen LogP contribution in [-0.2, 0) is 16.0 Å². The van der Waals surface area contributed by atoms with E-state index in [0.717, 1.165) is 24.8 Å². The van der Waals surface area contributed by atoms with Gasteiger partial charge in [0.15, 0.2) is 6.10 Å². The molecule has 1 amide bonds. The minimum atomic E-state index is -0.320. The van der Waals surface area contributed by atoms with Crippen molar-refractivity contribution in [2.24, 2.45) is 5.92 Å². The molecule has 4 rings (SSSR count). The monoisotopic (exact) mass is 344 g/mol. The molecule has 25 heavy (non-hydrogen) atoms. The molecule has 0 bridgehead atoms. The lowest BCUT2D eigenvalue weighted by molar-refractivity contribution is -0.146. The Morgan fingerprint density at radius 3 is 2.80 bits per heavy atom. The van der Waals surface area contributed by atoms with Crippen LogP contribution in [0.3, 0.4) is 0 Å². The van der Waals surface area contributed by atoms with E-state index in [1.54, 1.807) is 18.3 Å². The number of hydrogen-bond donors (Lipinski definition) is 0. The van der Waals surface area contributed by atoms with Gasteiger partial charge in [0.1, 0.15) is 11.6 Å². The predicted octanol–water partition coefficient (Wildman–Crippen LogP) is 3.10. The van der Waals surface area contributed by atoms with Gasteiger partial charge in [-0.1, -0.05) is 18.6 Å². The number of benzene rings is 1. The molecule has 2 fully saturated rings. The molecule has 2 heterocycles. The van der Waals surface area contributed by atoms with Crippen LogP contribution in [-0.4, -0.2) is 35.5 Å². The third kappa shape index (κ3) is 3.58. The molecule has 0 unspecified atom stereocenters. The Labute approximate surface area is 145 Å². The van der Waals surface area contributed by atoms with Gasteiger partial charge in [0.25, 0.3) is 0 Å². The largest absolute Gasteiger partial charge is 0.442 e. The summed E-state index contributed by atoms with van der Waals surface area (Å²) in [7, 11) is 0. The Morgan fingerprint density at radius 2 is 2.08 bits per heavy atom. The Bertz CT molecular complexity index is 739. The molecular weight excluding hydrogens is 323 g/mol. The van der Waals surface area contributed by atoms with E-state index in [4.69, 9.17) is 9.15 Å². The van der Waals surface area contributed by atoms with Gasteiger partial charge in [-0.15, -0.1) is 0 Å². The van der Waals surface area contributed by atoms with Crippen LogP contribution in [0.15, 0.2) is 34.9 Å². The number of oxazole rings is 1. The number of amides is 1. The minimum Gasteiger partial charge on any atom is -0.442 e. The first-order chi connectivity index (χ1) is 12.2. The molecule has 2 aliphatic rings. The maximum Gasteiger partial charge on any atom is 0.225 e. The van der Waals surface area contributed by atoms with E-state index < -0.39 is 0 Å². The Hall–Kier alpha value is -2.21. The van der Waals surface area contributed by atoms with Crippen LogP contribution in [0.1, 0.15) is 42.6 Å². The summed E-state index contributed by atoms with van der Waals surface area (Å²) < 4.78 is 24.6. The molecule has 1 aromatic carbocycles. The molecule has 132 valence electrons. The number of carbonyl (C=O) groups is 1. The average Bonchev–Trinajstić information content (AvgIpc) is 3.04. The van der Waals surface area contributed by atoms with Crippen LogP contribution in [0.2, 0.25) is 0 Å². The van der Waals surface area contributed by atoms with Gasteiger partial charge >= 0.3 is 0 Å². The van der Waals surface area contributed by atoms with Crippen LogP contribution in [0.25, 0.3) is 0 Å². The predicted molar refractivity (Wildman–Crippen MR) is 88.3 cm³/mol. The second-order valence-electron chi connectivity index (χ2n) is 6.74. The maximum absolute atomic E-state index is 13.0. The number of carbonyl (C=O) groups excluding carboxylic acids is 1. The van der Waals surface area contributed by atoms with Gasteiger partial charge in [-0.2, -0.15) is 0 Å². The van der Waals surface area contributed by atoms with Crippen molar-refractivity contribution < 1.29 is 18.3 Å². The van der Waals surface area contributed by atoms with Crippen LogP contribution in [0.5, 0.6) is 0 Å². The number of halogens is 1. The van der Waals surface area contributed by atoms with Gasteiger partial charge in [0.05, 0.1) is 19.3 Å². The van der Waals surface area contributed by atoms with E-state index in [1.165, 1.54) is 12.1 Å². The van der Waals surface area contributed by atoms with Gasteiger partial charge in [0.2, 0.25) is 11.8 Å². The van der Waals surface area contributed by atoms with E-state index in [2.05, 4.69) is 4.98 Å². The molecular formula is C19H21FN2O3. The molecule has 0 N–H and O–H groups in total. The first-order valence-electron chi connectivity index (χ1n) is 8.78. The Kier molecular flexibility index (Phi) is 4.53. The number of ether oxygens (including phenoxy) is 1. The zero-order chi connectivity index (χ0) is 17.2. The van der Waals surface area contributed by atoms with Crippen LogP contribution < -0.4 is 0 Å². The van der Waals surface area contributed by atoms with Crippen molar-refractivity contribution in [3.63, 3.8) is 0 Å². The smallest absolute Gasteiger partial charge is 0.225 e. The summed E-state index contributed by atoms with van der Waals surface area (Å²) in [6.07, 6.45) is 5.05. The quantitative estimate of drug-likeness (QED) is 0.855. The standard InChI is InChI=1S/C19H21FN2O3/c20-15-6-4-13(5-7-15)10-16-11-21-18(25-16)17-12-22(8-9-24-17)19(23)14-2-1-3-14/h4-7,11,14,17H,1-3,8-10,12H2/t17-/m1/s1. The van der Waals surface area contributed by atoms with Crippen molar-refractivity contribution >= 4 is 5.91 Å². The summed E-state index contributed by atoms with van der Waals surface area (Å²) in [6.45, 7) is 1.62. The van der Waals surface area contributed by atoms with E-state index >= 15 is 0 Å². The number of aromatic nitrogens is 1. The van der Waals surface area contributed by atoms with Crippen molar-refractivity contribution in [3.05, 3.63) is 53.5 Å². The highest BCUT2D eigenvalue weighted by atomic mass is 19.1. The highest BCUT2D eigenvalue weighted by molar-refractivity contribution is 5.79. The summed E-state index contributed by atoms with van der Waals surface area (Å²) in [5.74, 6) is 1.37. The first kappa shape index (κ1) is 16.3. The molecule has 1 saturated heterocycles. The topological polar surface area (TPSA) is 55.6 Å². The lowest BCUT2D eigenvalue weighted by Gasteiger charge is -2.36. The molecule has 5 nitrogen and oxygen atoms in total. The summed E-state index contributed by atoms with van der Waals surface area (Å²) >= 11 is 0. The lowest BCUT2D eigenvalue weighted by atomic mass is 9.84. The van der Waals surface area contributed by atoms with Gasteiger partial charge in [0, 0.05) is 18.9 Å². The normalized spacial score (nSPS) is 21.2. The van der Waals surface area contributed by atoms with E-state index in [1.807, 2.05) is 4.90 Å². The second-order valence-corrected chi connectivity index (χ2v) is 6.74. The molecule has 0 radical (unpaired) electrons. The van der Waals surface area contributed by atoms with Gasteiger partial charge in [-0.05, 0) is 30.5 Å². The second kappa shape index (κ2) is 6.96. The molecule has 1 atom stereocenters. The molecule has 0 spiro atoms. The van der Waals surface area contributed by atoms with Gasteiger partial charge in [-0.3, -0.25) is 4.79 Å². The van der Waals surface area contributed by atoms with Crippen molar-refractivity contribution in [3.8, 4) is 0 Å². The highest BCUT2D eigenvalue weighted by Gasteiger charge is 2.34. The molecule has 1 aliphatic heterocycles. The van der Waals surface area contributed by atoms with Crippen molar-refractivity contribution in [1.29, 1.82) is 0 Å². The molecule has 1 aliphatic carbocycles. The SMILES string of the molecule is O=C(C1CCC1)N1CCO[C@@H](c2ncc(Cc3ccc(F)cc3)o2)C1. The fourth-order valence-electron chi connectivity index (χ4n) is 3.27. The van der Waals surface area contributed by atoms with Crippen LogP contribution in [0, 0.1) is 11.7 Å². The molecule has 2 aromatic rings. The van der Waals surface area contributed by atoms with E-state index in [0.29, 0.717) is 37.8 Å². The zero-order valence-corrected chi connectivity index (χ0v) is 14.0. The molecule has 1 aromatic heterocycles. The van der Waals surface area contributed by atoms with Crippen LogP contribution in [0.4, 0.5) is 4.39 Å². The number of morpholine rings is 1. The number of rotatable bonds is 4.